The number of pyridine rings is 1. The zero-order valence-corrected chi connectivity index (χ0v) is 16.3. The molecule has 0 bridgehead atoms. The van der Waals surface area contributed by atoms with Gasteiger partial charge in [-0.2, -0.15) is 5.10 Å². The number of hydrogen-bond donors (Lipinski definition) is 2. The zero-order valence-electron chi connectivity index (χ0n) is 16.3. The SMILES string of the molecule is C[C@H](CCn1cccn1)NC(=O)N1CCC(C(=O)NCc2ccccn2)CC1. The smallest absolute Gasteiger partial charge is 0.317 e. The highest BCUT2D eigenvalue weighted by molar-refractivity contribution is 5.79. The van der Waals surface area contributed by atoms with Crippen molar-refractivity contribution < 1.29 is 9.59 Å². The van der Waals surface area contributed by atoms with E-state index in [0.717, 1.165) is 18.7 Å². The van der Waals surface area contributed by atoms with Crippen molar-refractivity contribution in [1.29, 1.82) is 0 Å². The van der Waals surface area contributed by atoms with Gasteiger partial charge in [0.2, 0.25) is 5.91 Å². The van der Waals surface area contributed by atoms with Crippen LogP contribution in [0.5, 0.6) is 0 Å². The Morgan fingerprint density at radius 2 is 2.04 bits per heavy atom. The van der Waals surface area contributed by atoms with Crippen LogP contribution >= 0.6 is 0 Å². The monoisotopic (exact) mass is 384 g/mol. The van der Waals surface area contributed by atoms with E-state index in [2.05, 4.69) is 20.7 Å². The van der Waals surface area contributed by atoms with Crippen molar-refractivity contribution in [3.63, 3.8) is 0 Å². The molecule has 150 valence electrons. The van der Waals surface area contributed by atoms with Crippen LogP contribution in [0.4, 0.5) is 4.79 Å². The number of aromatic nitrogens is 3. The molecule has 0 saturated carbocycles. The molecule has 1 aliphatic heterocycles. The maximum absolute atomic E-state index is 12.4. The van der Waals surface area contributed by atoms with Gasteiger partial charge in [-0.25, -0.2) is 4.79 Å². The van der Waals surface area contributed by atoms with Gasteiger partial charge in [0.25, 0.3) is 0 Å². The van der Waals surface area contributed by atoms with Gasteiger partial charge in [-0.1, -0.05) is 6.07 Å². The first-order chi connectivity index (χ1) is 13.6. The molecule has 3 heterocycles. The summed E-state index contributed by atoms with van der Waals surface area (Å²) in [6.07, 6.45) is 7.57. The molecule has 3 amide bonds. The van der Waals surface area contributed by atoms with E-state index in [0.29, 0.717) is 32.5 Å². The number of aryl methyl sites for hydroxylation is 1. The molecule has 8 nitrogen and oxygen atoms in total. The number of rotatable bonds is 7. The molecule has 1 aliphatic rings. The molecule has 0 spiro atoms. The van der Waals surface area contributed by atoms with Gasteiger partial charge < -0.3 is 15.5 Å². The number of nitrogens with zero attached hydrogens (tertiary/aromatic N) is 4. The largest absolute Gasteiger partial charge is 0.350 e. The summed E-state index contributed by atoms with van der Waals surface area (Å²) < 4.78 is 1.86. The van der Waals surface area contributed by atoms with Crippen molar-refractivity contribution in [2.45, 2.75) is 45.3 Å². The quantitative estimate of drug-likeness (QED) is 0.761. The Morgan fingerprint density at radius 1 is 1.21 bits per heavy atom. The van der Waals surface area contributed by atoms with Gasteiger partial charge in [0.1, 0.15) is 0 Å². The lowest BCUT2D eigenvalue weighted by Gasteiger charge is -2.32. The number of carbonyl (C=O) groups excluding carboxylic acids is 2. The van der Waals surface area contributed by atoms with Crippen LogP contribution in [0.2, 0.25) is 0 Å². The van der Waals surface area contributed by atoms with E-state index in [9.17, 15) is 9.59 Å². The Hall–Kier alpha value is -2.90. The Kier molecular flexibility index (Phi) is 7.00. The van der Waals surface area contributed by atoms with Crippen molar-refractivity contribution >= 4 is 11.9 Å². The minimum atomic E-state index is -0.0553. The van der Waals surface area contributed by atoms with Gasteiger partial charge in [0.05, 0.1) is 12.2 Å². The van der Waals surface area contributed by atoms with E-state index in [4.69, 9.17) is 0 Å². The van der Waals surface area contributed by atoms with Gasteiger partial charge in [-0.3, -0.25) is 14.5 Å². The second kappa shape index (κ2) is 9.87. The summed E-state index contributed by atoms with van der Waals surface area (Å²) in [5.41, 5.74) is 0.844. The highest BCUT2D eigenvalue weighted by Gasteiger charge is 2.27. The Balaban J connectivity index is 1.35. The predicted molar refractivity (Wildman–Crippen MR) is 105 cm³/mol. The summed E-state index contributed by atoms with van der Waals surface area (Å²) in [7, 11) is 0. The molecule has 1 atom stereocenters. The number of hydrogen-bond acceptors (Lipinski definition) is 4. The van der Waals surface area contributed by atoms with E-state index in [1.54, 1.807) is 17.3 Å². The minimum Gasteiger partial charge on any atom is -0.350 e. The molecule has 2 N–H and O–H groups in total. The summed E-state index contributed by atoms with van der Waals surface area (Å²) in [4.78, 5) is 30.8. The van der Waals surface area contributed by atoms with E-state index in [1.165, 1.54) is 0 Å². The van der Waals surface area contributed by atoms with E-state index in [1.807, 2.05) is 42.1 Å². The molecule has 2 aromatic heterocycles. The second-order valence-corrected chi connectivity index (χ2v) is 7.21. The molecular weight excluding hydrogens is 356 g/mol. The number of nitrogens with one attached hydrogen (secondary N) is 2. The van der Waals surface area contributed by atoms with Gasteiger partial charge in [-0.05, 0) is 44.4 Å². The first-order valence-corrected chi connectivity index (χ1v) is 9.82. The number of amides is 3. The molecule has 3 rings (SSSR count). The molecule has 28 heavy (non-hydrogen) atoms. The van der Waals surface area contributed by atoms with Gasteiger partial charge >= 0.3 is 6.03 Å². The third-order valence-electron chi connectivity index (χ3n) is 5.04. The summed E-state index contributed by atoms with van der Waals surface area (Å²) in [5.74, 6) is -0.0108. The van der Waals surface area contributed by atoms with Crippen molar-refractivity contribution in [3.05, 3.63) is 48.5 Å². The molecule has 0 aliphatic carbocycles. The average Bonchev–Trinajstić information content (AvgIpc) is 3.25. The van der Waals surface area contributed by atoms with Crippen LogP contribution in [0, 0.1) is 5.92 Å². The second-order valence-electron chi connectivity index (χ2n) is 7.21. The number of urea groups is 1. The van der Waals surface area contributed by atoms with Gasteiger partial charge in [0, 0.05) is 50.2 Å². The molecule has 2 aromatic rings. The number of piperidine rings is 1. The summed E-state index contributed by atoms with van der Waals surface area (Å²) >= 11 is 0. The van der Waals surface area contributed by atoms with Crippen LogP contribution in [0.25, 0.3) is 0 Å². The van der Waals surface area contributed by atoms with Gasteiger partial charge in [-0.15, -0.1) is 0 Å². The summed E-state index contributed by atoms with van der Waals surface area (Å²) in [6.45, 7) is 4.40. The van der Waals surface area contributed by atoms with Crippen molar-refractivity contribution in [2.75, 3.05) is 13.1 Å². The minimum absolute atomic E-state index is 0.0401. The fraction of sp³-hybridized carbons (Fsp3) is 0.500. The molecule has 0 aromatic carbocycles. The molecule has 0 radical (unpaired) electrons. The molecule has 1 fully saturated rings. The highest BCUT2D eigenvalue weighted by Crippen LogP contribution is 2.17. The van der Waals surface area contributed by atoms with Crippen molar-refractivity contribution in [3.8, 4) is 0 Å². The highest BCUT2D eigenvalue weighted by atomic mass is 16.2. The normalized spacial score (nSPS) is 15.8. The number of carbonyl (C=O) groups is 2. The summed E-state index contributed by atoms with van der Waals surface area (Å²) in [6, 6.07) is 7.54. The van der Waals surface area contributed by atoms with Crippen molar-refractivity contribution in [1.82, 2.24) is 30.3 Å². The predicted octanol–water partition coefficient (Wildman–Crippen LogP) is 1.79. The molecule has 1 saturated heterocycles. The van der Waals surface area contributed by atoms with Crippen LogP contribution in [-0.4, -0.2) is 50.7 Å². The molecule has 0 unspecified atom stereocenters. The maximum atomic E-state index is 12.4. The molecular formula is C20H28N6O2. The van der Waals surface area contributed by atoms with E-state index < -0.39 is 0 Å². The van der Waals surface area contributed by atoms with Crippen molar-refractivity contribution in [2.24, 2.45) is 5.92 Å². The summed E-state index contributed by atoms with van der Waals surface area (Å²) in [5, 5.41) is 10.2. The van der Waals surface area contributed by atoms with Crippen LogP contribution in [0.3, 0.4) is 0 Å². The first-order valence-electron chi connectivity index (χ1n) is 9.82. The van der Waals surface area contributed by atoms with Crippen LogP contribution in [0.1, 0.15) is 31.9 Å². The van der Waals surface area contributed by atoms with Crippen LogP contribution in [-0.2, 0) is 17.9 Å². The first kappa shape index (κ1) is 19.9. The topological polar surface area (TPSA) is 92.2 Å². The van der Waals surface area contributed by atoms with Gasteiger partial charge in [0.15, 0.2) is 0 Å². The fourth-order valence-electron chi connectivity index (χ4n) is 3.30. The standard InChI is InChI=1S/C20H28N6O2/c1-16(6-14-26-11-4-10-23-26)24-20(28)25-12-7-17(8-13-25)19(27)22-15-18-5-2-3-9-21-18/h2-5,9-11,16-17H,6-8,12-15H2,1H3,(H,22,27)(H,24,28)/t16-/m1/s1. The lowest BCUT2D eigenvalue weighted by Crippen LogP contribution is -2.49. The third-order valence-corrected chi connectivity index (χ3v) is 5.04. The average molecular weight is 384 g/mol. The van der Waals surface area contributed by atoms with Crippen LogP contribution < -0.4 is 10.6 Å². The van der Waals surface area contributed by atoms with E-state index >= 15 is 0 Å². The van der Waals surface area contributed by atoms with Crippen LogP contribution in [0.15, 0.2) is 42.9 Å². The Bertz CT molecular complexity index is 741. The number of likely N-dealkylation sites (tertiary alicyclic amines) is 1. The molecule has 8 heteroatoms. The lowest BCUT2D eigenvalue weighted by molar-refractivity contribution is -0.126. The van der Waals surface area contributed by atoms with E-state index in [-0.39, 0.29) is 23.9 Å². The zero-order chi connectivity index (χ0) is 19.8. The maximum Gasteiger partial charge on any atom is 0.317 e. The third kappa shape index (κ3) is 5.80. The fourth-order valence-corrected chi connectivity index (χ4v) is 3.30. The lowest BCUT2D eigenvalue weighted by atomic mass is 9.96. The Morgan fingerprint density at radius 3 is 2.71 bits per heavy atom. The Labute approximate surface area is 165 Å².